The fraction of sp³-hybridized carbons (Fsp3) is 0.591. The van der Waals surface area contributed by atoms with Gasteiger partial charge < -0.3 is 19.9 Å². The van der Waals surface area contributed by atoms with Crippen LogP contribution in [0.2, 0.25) is 10.0 Å². The van der Waals surface area contributed by atoms with Crippen LogP contribution < -0.4 is 10.6 Å². The number of rotatable bonds is 7. The van der Waals surface area contributed by atoms with Crippen LogP contribution in [0.1, 0.15) is 51.4 Å². The van der Waals surface area contributed by atoms with Crippen molar-refractivity contribution in [2.24, 2.45) is 5.92 Å². The number of carbonyl (C=O) groups excluding carboxylic acids is 3. The van der Waals surface area contributed by atoms with Crippen LogP contribution in [0.5, 0.6) is 0 Å². The van der Waals surface area contributed by atoms with Crippen molar-refractivity contribution in [1.82, 2.24) is 15.5 Å². The first kappa shape index (κ1) is 27.4. The largest absolute Gasteiger partial charge is 0.551 e. The molecule has 182 valence electrons. The highest BCUT2D eigenvalue weighted by Crippen LogP contribution is 2.21. The van der Waals surface area contributed by atoms with E-state index in [0.717, 1.165) is 0 Å². The molecule has 1 heterocycles. The van der Waals surface area contributed by atoms with Gasteiger partial charge in [-0.15, -0.1) is 0 Å². The van der Waals surface area contributed by atoms with Crippen molar-refractivity contribution in [1.29, 1.82) is 0 Å². The second-order valence-corrected chi connectivity index (χ2v) is 9.68. The fourth-order valence-corrected chi connectivity index (χ4v) is 3.90. The Hall–Kier alpha value is -1.81. The Morgan fingerprint density at radius 1 is 1.21 bits per heavy atom. The van der Waals surface area contributed by atoms with Crippen molar-refractivity contribution in [3.63, 3.8) is 0 Å². The van der Waals surface area contributed by atoms with E-state index in [2.05, 4.69) is 10.6 Å². The van der Waals surface area contributed by atoms with Crippen molar-refractivity contribution in [2.75, 3.05) is 13.6 Å². The Kier molecular flexibility index (Phi) is 10.0. The van der Waals surface area contributed by atoms with Gasteiger partial charge in [0, 0.05) is 11.1 Å². The van der Waals surface area contributed by atoms with Crippen LogP contribution >= 0.6 is 23.2 Å². The van der Waals surface area contributed by atoms with E-state index >= 15 is 0 Å². The third-order valence-corrected chi connectivity index (χ3v) is 6.40. The van der Waals surface area contributed by atoms with Crippen LogP contribution in [0.25, 0.3) is 0 Å². The van der Waals surface area contributed by atoms with Gasteiger partial charge >= 0.3 is 13.1 Å². The predicted molar refractivity (Wildman–Crippen MR) is 129 cm³/mol. The molecule has 1 aliphatic rings. The Morgan fingerprint density at radius 2 is 1.88 bits per heavy atom. The molecular formula is C22H32BCl2N3O5. The van der Waals surface area contributed by atoms with E-state index < -0.39 is 36.9 Å². The standard InChI is InChI=1S/C22H32BCl2N3O5/c1-12(2)9-19(23-32-15(5)13(3)28(6)14(4)22(31)33-23)27-20(29)11-26-21(30)17-10-16(24)7-8-18(17)25/h7-8,10,12-15,19H,9,11H2,1-6H3,(H,26,30)(H,27,29)/t13-,14+,15-,19+/m1/s1. The van der Waals surface area contributed by atoms with Crippen LogP contribution in [-0.2, 0) is 18.9 Å². The molecule has 0 unspecified atom stereocenters. The number of likely N-dealkylation sites (N-methyl/N-ethyl adjacent to an activating group) is 1. The van der Waals surface area contributed by atoms with Crippen molar-refractivity contribution < 1.29 is 23.7 Å². The van der Waals surface area contributed by atoms with Crippen molar-refractivity contribution >= 4 is 48.1 Å². The number of halogens is 2. The zero-order valence-electron chi connectivity index (χ0n) is 19.9. The smallest absolute Gasteiger partial charge is 0.507 e. The summed E-state index contributed by atoms with van der Waals surface area (Å²) >= 11 is 12.0. The molecule has 1 aromatic rings. The molecule has 4 atom stereocenters. The van der Waals surface area contributed by atoms with Gasteiger partial charge in [0.15, 0.2) is 0 Å². The fourth-order valence-electron chi connectivity index (χ4n) is 3.52. The van der Waals surface area contributed by atoms with Gasteiger partial charge in [-0.1, -0.05) is 37.0 Å². The third-order valence-electron chi connectivity index (χ3n) is 5.84. The molecule has 11 heteroatoms. The summed E-state index contributed by atoms with van der Waals surface area (Å²) in [5.74, 6) is -1.78. The summed E-state index contributed by atoms with van der Waals surface area (Å²) < 4.78 is 11.7. The number of nitrogens with zero attached hydrogens (tertiary/aromatic N) is 1. The maximum Gasteiger partial charge on any atom is 0.551 e. The molecule has 0 bridgehead atoms. The van der Waals surface area contributed by atoms with E-state index in [1.165, 1.54) is 12.1 Å². The molecular weight excluding hydrogens is 468 g/mol. The molecule has 8 nitrogen and oxygen atoms in total. The first-order chi connectivity index (χ1) is 15.4. The minimum absolute atomic E-state index is 0.0347. The normalized spacial score (nSPS) is 22.9. The Bertz CT molecular complexity index is 872. The highest BCUT2D eigenvalue weighted by Gasteiger charge is 2.42. The summed E-state index contributed by atoms with van der Waals surface area (Å²) in [5.41, 5.74) is 0.175. The molecule has 1 fully saturated rings. The lowest BCUT2D eigenvalue weighted by Crippen LogP contribution is -2.59. The lowest BCUT2D eigenvalue weighted by atomic mass is 9.72. The van der Waals surface area contributed by atoms with Crippen LogP contribution in [0.4, 0.5) is 0 Å². The minimum Gasteiger partial charge on any atom is -0.507 e. The minimum atomic E-state index is -0.949. The molecule has 2 N–H and O–H groups in total. The summed E-state index contributed by atoms with van der Waals surface area (Å²) in [7, 11) is 0.898. The van der Waals surface area contributed by atoms with Crippen LogP contribution in [0.3, 0.4) is 0 Å². The topological polar surface area (TPSA) is 97.0 Å². The van der Waals surface area contributed by atoms with Gasteiger partial charge in [0.05, 0.1) is 29.2 Å². The number of hydrogen-bond donors (Lipinski definition) is 2. The molecule has 0 radical (unpaired) electrons. The summed E-state index contributed by atoms with van der Waals surface area (Å²) in [6.45, 7) is 9.36. The molecule has 0 saturated carbocycles. The van der Waals surface area contributed by atoms with E-state index in [1.54, 1.807) is 13.0 Å². The van der Waals surface area contributed by atoms with Crippen molar-refractivity contribution in [3.05, 3.63) is 33.8 Å². The van der Waals surface area contributed by atoms with Crippen molar-refractivity contribution in [2.45, 2.75) is 65.2 Å². The van der Waals surface area contributed by atoms with Gasteiger partial charge in [-0.3, -0.25) is 19.3 Å². The molecule has 2 amide bonds. The average Bonchev–Trinajstić information content (AvgIpc) is 2.75. The zero-order chi connectivity index (χ0) is 24.9. The first-order valence-corrected chi connectivity index (χ1v) is 11.8. The average molecular weight is 500 g/mol. The molecule has 0 spiro atoms. The highest BCUT2D eigenvalue weighted by molar-refractivity contribution is 6.49. The molecule has 1 aromatic carbocycles. The summed E-state index contributed by atoms with van der Waals surface area (Å²) in [6.07, 6.45) is 0.273. The Morgan fingerprint density at radius 3 is 2.52 bits per heavy atom. The summed E-state index contributed by atoms with van der Waals surface area (Å²) in [5, 5.41) is 5.98. The maximum absolute atomic E-state index is 12.7. The summed E-state index contributed by atoms with van der Waals surface area (Å²) in [6, 6.07) is 4.03. The van der Waals surface area contributed by atoms with E-state index in [4.69, 9.17) is 32.5 Å². The van der Waals surface area contributed by atoms with Crippen LogP contribution in [0.15, 0.2) is 18.2 Å². The molecule has 0 aromatic heterocycles. The molecule has 1 saturated heterocycles. The lowest BCUT2D eigenvalue weighted by Gasteiger charge is -2.39. The Labute approximate surface area is 205 Å². The van der Waals surface area contributed by atoms with Gasteiger partial charge in [-0.25, -0.2) is 0 Å². The van der Waals surface area contributed by atoms with E-state index in [0.29, 0.717) is 11.4 Å². The SMILES string of the molecule is CC(C)C[C@H](NC(=O)CNC(=O)c1cc(Cl)ccc1Cl)B1OC(=O)[C@H](C)N(C)[C@H](C)[C@@H](C)O1. The quantitative estimate of drug-likeness (QED) is 0.560. The highest BCUT2D eigenvalue weighted by atomic mass is 35.5. The number of hydrogen-bond acceptors (Lipinski definition) is 6. The zero-order valence-corrected chi connectivity index (χ0v) is 21.4. The van der Waals surface area contributed by atoms with Gasteiger partial charge in [-0.2, -0.15) is 0 Å². The van der Waals surface area contributed by atoms with E-state index in [9.17, 15) is 14.4 Å². The summed E-state index contributed by atoms with van der Waals surface area (Å²) in [4.78, 5) is 39.6. The van der Waals surface area contributed by atoms with Crippen molar-refractivity contribution in [3.8, 4) is 0 Å². The Balaban J connectivity index is 2.09. The van der Waals surface area contributed by atoms with Gasteiger partial charge in [0.2, 0.25) is 5.91 Å². The molecule has 33 heavy (non-hydrogen) atoms. The van der Waals surface area contributed by atoms with E-state index in [1.807, 2.05) is 39.6 Å². The van der Waals surface area contributed by atoms with Crippen LogP contribution in [0, 0.1) is 5.92 Å². The van der Waals surface area contributed by atoms with Gasteiger partial charge in [0.25, 0.3) is 5.91 Å². The monoisotopic (exact) mass is 499 g/mol. The number of carbonyl (C=O) groups is 3. The molecule has 0 aliphatic carbocycles. The number of amides is 2. The molecule has 1 aliphatic heterocycles. The third kappa shape index (κ3) is 7.60. The first-order valence-electron chi connectivity index (χ1n) is 11.0. The number of nitrogens with one attached hydrogen (secondary N) is 2. The maximum atomic E-state index is 12.7. The van der Waals surface area contributed by atoms with Gasteiger partial charge in [-0.05, 0) is 58.4 Å². The lowest BCUT2D eigenvalue weighted by molar-refractivity contribution is -0.146. The predicted octanol–water partition coefficient (Wildman–Crippen LogP) is 2.95. The van der Waals surface area contributed by atoms with Gasteiger partial charge in [0.1, 0.15) is 6.04 Å². The second-order valence-electron chi connectivity index (χ2n) is 8.84. The second kappa shape index (κ2) is 12.1. The van der Waals surface area contributed by atoms with Crippen LogP contribution in [-0.4, -0.2) is 67.5 Å². The molecule has 2 rings (SSSR count). The number of benzene rings is 1. The van der Waals surface area contributed by atoms with E-state index in [-0.39, 0.29) is 35.2 Å².